The molecule has 23 heavy (non-hydrogen) atoms. The van der Waals surface area contributed by atoms with Gasteiger partial charge in [-0.2, -0.15) is 0 Å². The van der Waals surface area contributed by atoms with Crippen molar-refractivity contribution in [2.24, 2.45) is 0 Å². The van der Waals surface area contributed by atoms with E-state index in [9.17, 15) is 4.79 Å². The lowest BCUT2D eigenvalue weighted by Gasteiger charge is -2.18. The standard InChI is InChI=1S/C15H19N3O4S/c1-15(2,3)22-14(19)16-13-18-17-12(23-13)10-8-9(20-4)6-7-11(10)21-5/h6-8H,1-5H3,(H,16,18,19). The molecule has 0 bridgehead atoms. The molecule has 1 aromatic carbocycles. The Morgan fingerprint density at radius 2 is 1.91 bits per heavy atom. The second kappa shape index (κ2) is 6.82. The molecule has 2 rings (SSSR count). The molecule has 2 aromatic rings. The molecule has 0 aliphatic heterocycles. The number of nitrogens with zero attached hydrogens (tertiary/aromatic N) is 2. The summed E-state index contributed by atoms with van der Waals surface area (Å²) >= 11 is 1.22. The van der Waals surface area contributed by atoms with Crippen LogP contribution in [0, 0.1) is 0 Å². The Morgan fingerprint density at radius 1 is 1.17 bits per heavy atom. The minimum atomic E-state index is -0.576. The normalized spacial score (nSPS) is 11.0. The molecule has 0 saturated heterocycles. The maximum Gasteiger partial charge on any atom is 0.414 e. The van der Waals surface area contributed by atoms with Crippen LogP contribution < -0.4 is 14.8 Å². The van der Waals surface area contributed by atoms with Crippen LogP contribution in [0.5, 0.6) is 11.5 Å². The quantitative estimate of drug-likeness (QED) is 0.918. The second-order valence-electron chi connectivity index (χ2n) is 5.61. The van der Waals surface area contributed by atoms with E-state index in [1.165, 1.54) is 11.3 Å². The van der Waals surface area contributed by atoms with E-state index >= 15 is 0 Å². The third kappa shape index (κ3) is 4.56. The van der Waals surface area contributed by atoms with Crippen molar-refractivity contribution in [2.75, 3.05) is 19.5 Å². The first kappa shape index (κ1) is 17.0. The number of rotatable bonds is 4. The molecule has 0 radical (unpaired) electrons. The van der Waals surface area contributed by atoms with Gasteiger partial charge < -0.3 is 14.2 Å². The van der Waals surface area contributed by atoms with Crippen molar-refractivity contribution in [3.05, 3.63) is 18.2 Å². The van der Waals surface area contributed by atoms with Gasteiger partial charge in [-0.3, -0.25) is 5.32 Å². The van der Waals surface area contributed by atoms with Crippen molar-refractivity contribution in [2.45, 2.75) is 26.4 Å². The van der Waals surface area contributed by atoms with Crippen LogP contribution in [-0.2, 0) is 4.74 Å². The fourth-order valence-electron chi connectivity index (χ4n) is 1.75. The third-order valence-electron chi connectivity index (χ3n) is 2.67. The molecule has 0 fully saturated rings. The second-order valence-corrected chi connectivity index (χ2v) is 6.58. The van der Waals surface area contributed by atoms with Crippen molar-refractivity contribution in [1.29, 1.82) is 0 Å². The van der Waals surface area contributed by atoms with Gasteiger partial charge in [0.05, 0.1) is 19.8 Å². The van der Waals surface area contributed by atoms with E-state index in [0.717, 1.165) is 5.56 Å². The van der Waals surface area contributed by atoms with Gasteiger partial charge in [0.1, 0.15) is 17.1 Å². The summed E-state index contributed by atoms with van der Waals surface area (Å²) in [6.45, 7) is 5.37. The number of nitrogens with one attached hydrogen (secondary N) is 1. The average molecular weight is 337 g/mol. The summed E-state index contributed by atoms with van der Waals surface area (Å²) in [6, 6.07) is 5.39. The largest absolute Gasteiger partial charge is 0.497 e. The number of benzene rings is 1. The molecule has 1 amide bonds. The Morgan fingerprint density at radius 3 is 2.52 bits per heavy atom. The molecular formula is C15H19N3O4S. The van der Waals surface area contributed by atoms with Crippen LogP contribution in [0.2, 0.25) is 0 Å². The molecule has 1 aromatic heterocycles. The lowest BCUT2D eigenvalue weighted by atomic mass is 10.2. The fourth-order valence-corrected chi connectivity index (χ4v) is 2.50. The van der Waals surface area contributed by atoms with Gasteiger partial charge in [0.25, 0.3) is 0 Å². The van der Waals surface area contributed by atoms with Crippen LogP contribution in [0.4, 0.5) is 9.93 Å². The fraction of sp³-hybridized carbons (Fsp3) is 0.400. The SMILES string of the molecule is COc1ccc(OC)c(-c2nnc(NC(=O)OC(C)(C)C)s2)c1. The lowest BCUT2D eigenvalue weighted by Crippen LogP contribution is -2.27. The molecule has 7 nitrogen and oxygen atoms in total. The van der Waals surface area contributed by atoms with Gasteiger partial charge >= 0.3 is 6.09 Å². The molecule has 0 aliphatic rings. The molecule has 1 heterocycles. The lowest BCUT2D eigenvalue weighted by molar-refractivity contribution is 0.0636. The summed E-state index contributed by atoms with van der Waals surface area (Å²) in [6.07, 6.45) is -0.571. The Hall–Kier alpha value is -2.35. The predicted octanol–water partition coefficient (Wildman–Crippen LogP) is 3.57. The van der Waals surface area contributed by atoms with E-state index in [1.54, 1.807) is 53.2 Å². The molecule has 0 unspecified atom stereocenters. The zero-order chi connectivity index (χ0) is 17.0. The summed E-state index contributed by atoms with van der Waals surface area (Å²) in [4.78, 5) is 11.8. The smallest absolute Gasteiger partial charge is 0.414 e. The first-order valence-electron chi connectivity index (χ1n) is 6.88. The predicted molar refractivity (Wildman–Crippen MR) is 88.3 cm³/mol. The van der Waals surface area contributed by atoms with Crippen molar-refractivity contribution in [3.63, 3.8) is 0 Å². The molecule has 0 aliphatic carbocycles. The number of carbonyl (C=O) groups is 1. The van der Waals surface area contributed by atoms with Crippen LogP contribution >= 0.6 is 11.3 Å². The maximum atomic E-state index is 11.8. The molecule has 124 valence electrons. The highest BCUT2D eigenvalue weighted by molar-refractivity contribution is 7.18. The number of ether oxygens (including phenoxy) is 3. The molecule has 0 saturated carbocycles. The molecule has 0 spiro atoms. The van der Waals surface area contributed by atoms with Crippen molar-refractivity contribution < 1.29 is 19.0 Å². The average Bonchev–Trinajstić information content (AvgIpc) is 2.92. The first-order chi connectivity index (χ1) is 10.8. The van der Waals surface area contributed by atoms with E-state index in [1.807, 2.05) is 0 Å². The summed E-state index contributed by atoms with van der Waals surface area (Å²) in [5.74, 6) is 1.32. The van der Waals surface area contributed by atoms with Crippen molar-refractivity contribution >= 4 is 22.6 Å². The van der Waals surface area contributed by atoms with Gasteiger partial charge in [-0.15, -0.1) is 10.2 Å². The maximum absolute atomic E-state index is 11.8. The third-order valence-corrected chi connectivity index (χ3v) is 3.54. The Kier molecular flexibility index (Phi) is 5.05. The molecule has 0 atom stereocenters. The van der Waals surface area contributed by atoms with Crippen LogP contribution in [0.15, 0.2) is 18.2 Å². The van der Waals surface area contributed by atoms with Crippen LogP contribution in [0.3, 0.4) is 0 Å². The van der Waals surface area contributed by atoms with Gasteiger partial charge in [-0.25, -0.2) is 4.79 Å². The number of methoxy groups -OCH3 is 2. The van der Waals surface area contributed by atoms with Gasteiger partial charge in [0.15, 0.2) is 5.01 Å². The number of hydrogen-bond acceptors (Lipinski definition) is 7. The van der Waals surface area contributed by atoms with E-state index < -0.39 is 11.7 Å². The van der Waals surface area contributed by atoms with Crippen LogP contribution in [0.25, 0.3) is 10.6 Å². The zero-order valence-corrected chi connectivity index (χ0v) is 14.5. The van der Waals surface area contributed by atoms with E-state index in [0.29, 0.717) is 21.6 Å². The van der Waals surface area contributed by atoms with E-state index in [2.05, 4.69) is 15.5 Å². The summed E-state index contributed by atoms with van der Waals surface area (Å²) < 4.78 is 15.7. The number of hydrogen-bond donors (Lipinski definition) is 1. The van der Waals surface area contributed by atoms with Gasteiger partial charge in [0, 0.05) is 0 Å². The number of carbonyl (C=O) groups excluding carboxylic acids is 1. The monoisotopic (exact) mass is 337 g/mol. The Labute approximate surface area is 138 Å². The zero-order valence-electron chi connectivity index (χ0n) is 13.7. The topological polar surface area (TPSA) is 82.6 Å². The molecule has 1 N–H and O–H groups in total. The number of anilines is 1. The van der Waals surface area contributed by atoms with Gasteiger partial charge in [0.2, 0.25) is 5.13 Å². The van der Waals surface area contributed by atoms with Crippen LogP contribution in [0.1, 0.15) is 20.8 Å². The molecular weight excluding hydrogens is 318 g/mol. The minimum absolute atomic E-state index is 0.346. The first-order valence-corrected chi connectivity index (χ1v) is 7.70. The highest BCUT2D eigenvalue weighted by atomic mass is 32.1. The summed E-state index contributed by atoms with van der Waals surface area (Å²) in [5, 5.41) is 11.6. The minimum Gasteiger partial charge on any atom is -0.497 e. The highest BCUT2D eigenvalue weighted by Crippen LogP contribution is 2.36. The molecule has 8 heteroatoms. The van der Waals surface area contributed by atoms with Gasteiger partial charge in [-0.1, -0.05) is 11.3 Å². The Bertz CT molecular complexity index is 694. The number of amides is 1. The summed E-state index contributed by atoms with van der Waals surface area (Å²) in [5.41, 5.74) is 0.162. The number of aromatic nitrogens is 2. The van der Waals surface area contributed by atoms with E-state index in [4.69, 9.17) is 14.2 Å². The highest BCUT2D eigenvalue weighted by Gasteiger charge is 2.19. The summed E-state index contributed by atoms with van der Waals surface area (Å²) in [7, 11) is 3.16. The van der Waals surface area contributed by atoms with Gasteiger partial charge in [-0.05, 0) is 39.0 Å². The van der Waals surface area contributed by atoms with E-state index in [-0.39, 0.29) is 0 Å². The van der Waals surface area contributed by atoms with Crippen LogP contribution in [-0.4, -0.2) is 36.1 Å². The van der Waals surface area contributed by atoms with Crippen molar-refractivity contribution in [3.8, 4) is 22.1 Å². The van der Waals surface area contributed by atoms with Crippen molar-refractivity contribution in [1.82, 2.24) is 10.2 Å². The Balaban J connectivity index is 2.21.